The van der Waals surface area contributed by atoms with Crippen LogP contribution in [-0.4, -0.2) is 0 Å². The molecule has 0 atom stereocenters. The van der Waals surface area contributed by atoms with Crippen molar-refractivity contribution < 1.29 is 0 Å². The van der Waals surface area contributed by atoms with Crippen LogP contribution in [0.15, 0.2) is 12.2 Å². The molecule has 1 heteroatoms. The molecule has 1 saturated carbocycles. The van der Waals surface area contributed by atoms with Crippen LogP contribution in [0.3, 0.4) is 0 Å². The molecule has 0 aromatic heterocycles. The van der Waals surface area contributed by atoms with Crippen molar-refractivity contribution in [3.8, 4) is 6.07 Å². The quantitative estimate of drug-likeness (QED) is 0.494. The molecule has 0 radical (unpaired) electrons. The molecule has 1 aliphatic carbocycles. The minimum Gasteiger partial charge on any atom is -0.193 e. The third-order valence-electron chi connectivity index (χ3n) is 1.36. The standard InChI is InChI=1S/C7H9N/c8-6-2-1-3-7-4-5-7/h1-2,7H,3-5H2. The van der Waals surface area contributed by atoms with E-state index >= 15 is 0 Å². The zero-order valence-corrected chi connectivity index (χ0v) is 4.80. The summed E-state index contributed by atoms with van der Waals surface area (Å²) in [5.41, 5.74) is 0. The van der Waals surface area contributed by atoms with Crippen LogP contribution < -0.4 is 0 Å². The van der Waals surface area contributed by atoms with E-state index in [1.54, 1.807) is 6.08 Å². The second-order valence-corrected chi connectivity index (χ2v) is 2.21. The first-order valence-electron chi connectivity index (χ1n) is 2.98. The fraction of sp³-hybridized carbons (Fsp3) is 0.571. The summed E-state index contributed by atoms with van der Waals surface area (Å²) in [5, 5.41) is 8.06. The van der Waals surface area contributed by atoms with Gasteiger partial charge in [0, 0.05) is 6.08 Å². The van der Waals surface area contributed by atoms with Crippen molar-refractivity contribution >= 4 is 0 Å². The van der Waals surface area contributed by atoms with E-state index in [4.69, 9.17) is 5.26 Å². The van der Waals surface area contributed by atoms with Gasteiger partial charge in [0.05, 0.1) is 6.07 Å². The van der Waals surface area contributed by atoms with Crippen LogP contribution >= 0.6 is 0 Å². The first-order valence-corrected chi connectivity index (χ1v) is 2.98. The lowest BCUT2D eigenvalue weighted by molar-refractivity contribution is 0.863. The Morgan fingerprint density at radius 1 is 1.62 bits per heavy atom. The number of allylic oxidation sites excluding steroid dienone is 2. The van der Waals surface area contributed by atoms with E-state index < -0.39 is 0 Å². The van der Waals surface area contributed by atoms with Crippen molar-refractivity contribution in [2.45, 2.75) is 19.3 Å². The molecule has 8 heavy (non-hydrogen) atoms. The lowest BCUT2D eigenvalue weighted by atomic mass is 10.3. The van der Waals surface area contributed by atoms with Gasteiger partial charge in [-0.25, -0.2) is 0 Å². The Labute approximate surface area is 49.6 Å². The lowest BCUT2D eigenvalue weighted by Gasteiger charge is -1.79. The fourth-order valence-corrected chi connectivity index (χ4v) is 0.667. The highest BCUT2D eigenvalue weighted by atomic mass is 14.2. The minimum atomic E-state index is 0.916. The van der Waals surface area contributed by atoms with Crippen LogP contribution in [0, 0.1) is 17.2 Å². The molecule has 0 bridgehead atoms. The summed E-state index contributed by atoms with van der Waals surface area (Å²) >= 11 is 0. The van der Waals surface area contributed by atoms with Gasteiger partial charge in [0.25, 0.3) is 0 Å². The normalized spacial score (nSPS) is 18.9. The second kappa shape index (κ2) is 2.52. The Morgan fingerprint density at radius 3 is 2.88 bits per heavy atom. The van der Waals surface area contributed by atoms with Gasteiger partial charge >= 0.3 is 0 Å². The van der Waals surface area contributed by atoms with Gasteiger partial charge in [-0.1, -0.05) is 6.08 Å². The molecule has 1 rings (SSSR count). The third-order valence-corrected chi connectivity index (χ3v) is 1.36. The van der Waals surface area contributed by atoms with Crippen LogP contribution in [0.1, 0.15) is 19.3 Å². The van der Waals surface area contributed by atoms with E-state index in [1.807, 2.05) is 12.1 Å². The van der Waals surface area contributed by atoms with E-state index in [0.29, 0.717) is 0 Å². The van der Waals surface area contributed by atoms with E-state index in [9.17, 15) is 0 Å². The van der Waals surface area contributed by atoms with Crippen molar-refractivity contribution in [2.75, 3.05) is 0 Å². The topological polar surface area (TPSA) is 23.8 Å². The van der Waals surface area contributed by atoms with Gasteiger partial charge in [0.2, 0.25) is 0 Å². The predicted molar refractivity (Wildman–Crippen MR) is 32.1 cm³/mol. The van der Waals surface area contributed by atoms with E-state index in [-0.39, 0.29) is 0 Å². The summed E-state index contributed by atoms with van der Waals surface area (Å²) in [7, 11) is 0. The molecule has 42 valence electrons. The Kier molecular flexibility index (Phi) is 1.69. The van der Waals surface area contributed by atoms with E-state index in [0.717, 1.165) is 12.3 Å². The highest BCUT2D eigenvalue weighted by molar-refractivity contribution is 5.02. The number of nitriles is 1. The summed E-state index contributed by atoms with van der Waals surface area (Å²) in [4.78, 5) is 0. The van der Waals surface area contributed by atoms with Crippen molar-refractivity contribution in [3.63, 3.8) is 0 Å². The third kappa shape index (κ3) is 1.79. The molecule has 1 fully saturated rings. The number of hydrogen-bond donors (Lipinski definition) is 0. The molecule has 0 aromatic rings. The molecule has 0 spiro atoms. The van der Waals surface area contributed by atoms with Gasteiger partial charge < -0.3 is 0 Å². The molecule has 0 aliphatic heterocycles. The van der Waals surface area contributed by atoms with Crippen molar-refractivity contribution in [2.24, 2.45) is 5.92 Å². The zero-order chi connectivity index (χ0) is 5.82. The first kappa shape index (κ1) is 5.37. The maximum Gasteiger partial charge on any atom is 0.0908 e. The van der Waals surface area contributed by atoms with Gasteiger partial charge in [-0.2, -0.15) is 5.26 Å². The Bertz CT molecular complexity index is 126. The van der Waals surface area contributed by atoms with E-state index in [1.165, 1.54) is 12.8 Å². The molecule has 1 aliphatic rings. The Balaban J connectivity index is 2.04. The molecular formula is C7H9N. The van der Waals surface area contributed by atoms with Crippen molar-refractivity contribution in [1.82, 2.24) is 0 Å². The van der Waals surface area contributed by atoms with Gasteiger partial charge in [-0.3, -0.25) is 0 Å². The summed E-state index contributed by atoms with van der Waals surface area (Å²) in [5.74, 6) is 0.916. The maximum atomic E-state index is 8.06. The summed E-state index contributed by atoms with van der Waals surface area (Å²) in [6.07, 6.45) is 7.38. The average molecular weight is 107 g/mol. The Morgan fingerprint density at radius 2 is 2.38 bits per heavy atom. The summed E-state index contributed by atoms with van der Waals surface area (Å²) in [6, 6.07) is 1.97. The molecule has 0 heterocycles. The molecule has 0 amide bonds. The van der Waals surface area contributed by atoms with Crippen LogP contribution in [0.5, 0.6) is 0 Å². The maximum absolute atomic E-state index is 8.06. The smallest absolute Gasteiger partial charge is 0.0908 e. The second-order valence-electron chi connectivity index (χ2n) is 2.21. The van der Waals surface area contributed by atoms with Gasteiger partial charge in [0.15, 0.2) is 0 Å². The molecule has 0 unspecified atom stereocenters. The average Bonchev–Trinajstić information content (AvgIpc) is 2.51. The lowest BCUT2D eigenvalue weighted by Crippen LogP contribution is -1.65. The van der Waals surface area contributed by atoms with Gasteiger partial charge in [-0.05, 0) is 25.2 Å². The largest absolute Gasteiger partial charge is 0.193 e. The van der Waals surface area contributed by atoms with Crippen LogP contribution in [-0.2, 0) is 0 Å². The molecule has 0 saturated heterocycles. The minimum absolute atomic E-state index is 0.916. The molecule has 0 aromatic carbocycles. The number of nitrogens with zero attached hydrogens (tertiary/aromatic N) is 1. The van der Waals surface area contributed by atoms with Gasteiger partial charge in [0.1, 0.15) is 0 Å². The van der Waals surface area contributed by atoms with Crippen molar-refractivity contribution in [1.29, 1.82) is 5.26 Å². The van der Waals surface area contributed by atoms with Crippen LogP contribution in [0.4, 0.5) is 0 Å². The zero-order valence-electron chi connectivity index (χ0n) is 4.80. The number of hydrogen-bond acceptors (Lipinski definition) is 1. The van der Waals surface area contributed by atoms with Crippen LogP contribution in [0.25, 0.3) is 0 Å². The van der Waals surface area contributed by atoms with Crippen LogP contribution in [0.2, 0.25) is 0 Å². The van der Waals surface area contributed by atoms with Gasteiger partial charge in [-0.15, -0.1) is 0 Å². The molecule has 1 nitrogen and oxygen atoms in total. The SMILES string of the molecule is N#CC=CCC1CC1. The highest BCUT2D eigenvalue weighted by Gasteiger charge is 2.18. The number of rotatable bonds is 2. The summed E-state index contributed by atoms with van der Waals surface area (Å²) in [6.45, 7) is 0. The predicted octanol–water partition coefficient (Wildman–Crippen LogP) is 1.87. The molecule has 0 N–H and O–H groups in total. The Hall–Kier alpha value is -0.770. The highest BCUT2D eigenvalue weighted by Crippen LogP contribution is 2.32. The van der Waals surface area contributed by atoms with Crippen molar-refractivity contribution in [3.05, 3.63) is 12.2 Å². The van der Waals surface area contributed by atoms with E-state index in [2.05, 4.69) is 0 Å². The summed E-state index contributed by atoms with van der Waals surface area (Å²) < 4.78 is 0. The molecular weight excluding hydrogens is 98.1 g/mol. The first-order chi connectivity index (χ1) is 3.93. The monoisotopic (exact) mass is 107 g/mol. The fourth-order valence-electron chi connectivity index (χ4n) is 0.667.